The summed E-state index contributed by atoms with van der Waals surface area (Å²) in [4.78, 5) is 15.6. The summed E-state index contributed by atoms with van der Waals surface area (Å²) < 4.78 is 24.9. The molecule has 0 aliphatic carbocycles. The summed E-state index contributed by atoms with van der Waals surface area (Å²) in [6.07, 6.45) is 3.12. The monoisotopic (exact) mass is 384 g/mol. The highest BCUT2D eigenvalue weighted by atomic mass is 19.1. The van der Waals surface area contributed by atoms with E-state index in [2.05, 4.69) is 10.2 Å². The summed E-state index contributed by atoms with van der Waals surface area (Å²) in [6, 6.07) is 14.0. The van der Waals surface area contributed by atoms with Gasteiger partial charge < -0.3 is 24.0 Å². The van der Waals surface area contributed by atoms with E-state index in [-0.39, 0.29) is 23.5 Å². The van der Waals surface area contributed by atoms with Crippen molar-refractivity contribution in [1.82, 2.24) is 5.32 Å². The molecule has 1 aliphatic heterocycles. The van der Waals surface area contributed by atoms with Gasteiger partial charge in [0, 0.05) is 0 Å². The average Bonchev–Trinajstić information content (AvgIpc) is 3.43. The number of rotatable bonds is 6. The molecule has 2 N–H and O–H groups in total. The van der Waals surface area contributed by atoms with Gasteiger partial charge in [-0.15, -0.1) is 0 Å². The maximum absolute atomic E-state index is 14.1. The van der Waals surface area contributed by atoms with Gasteiger partial charge in [0.1, 0.15) is 5.82 Å². The molecule has 146 valence electrons. The summed E-state index contributed by atoms with van der Waals surface area (Å²) in [5, 5.41) is 2.94. The minimum Gasteiger partial charge on any atom is -0.463 e. The predicted octanol–water partition coefficient (Wildman–Crippen LogP) is 1.89. The fourth-order valence-corrected chi connectivity index (χ4v) is 3.72. The molecule has 4 rings (SSSR count). The van der Waals surface area contributed by atoms with E-state index in [0.717, 1.165) is 31.9 Å². The van der Waals surface area contributed by atoms with Gasteiger partial charge in [-0.2, -0.15) is 0 Å². The van der Waals surface area contributed by atoms with Crippen LogP contribution in [0.1, 0.15) is 22.4 Å². The number of halogens is 1. The molecule has 1 saturated heterocycles. The van der Waals surface area contributed by atoms with Gasteiger partial charge in [-0.1, -0.05) is 12.1 Å². The first-order valence-corrected chi connectivity index (χ1v) is 9.41. The second kappa shape index (κ2) is 8.31. The lowest BCUT2D eigenvalue weighted by Crippen LogP contribution is -3.15. The Labute approximate surface area is 162 Å². The molecule has 3 heterocycles. The van der Waals surface area contributed by atoms with Gasteiger partial charge in [-0.05, 0) is 36.4 Å². The van der Waals surface area contributed by atoms with Crippen LogP contribution in [0.4, 0.5) is 10.1 Å². The average molecular weight is 384 g/mol. The van der Waals surface area contributed by atoms with Crippen LogP contribution in [0.5, 0.6) is 0 Å². The van der Waals surface area contributed by atoms with Crippen LogP contribution in [-0.4, -0.2) is 38.6 Å². The molecule has 1 amide bonds. The Morgan fingerprint density at radius 3 is 2.50 bits per heavy atom. The summed E-state index contributed by atoms with van der Waals surface area (Å²) in [5.41, 5.74) is 0.641. The van der Waals surface area contributed by atoms with Crippen molar-refractivity contribution in [2.24, 2.45) is 0 Å². The first-order chi connectivity index (χ1) is 13.7. The fraction of sp³-hybridized carbons (Fsp3) is 0.286. The number of benzene rings is 1. The van der Waals surface area contributed by atoms with E-state index in [9.17, 15) is 9.18 Å². The van der Waals surface area contributed by atoms with E-state index in [0.29, 0.717) is 12.2 Å². The number of para-hydroxylation sites is 1. The quantitative estimate of drug-likeness (QED) is 0.681. The number of piperazine rings is 1. The van der Waals surface area contributed by atoms with Crippen LogP contribution in [0.2, 0.25) is 0 Å². The predicted molar refractivity (Wildman–Crippen MR) is 102 cm³/mol. The molecule has 0 saturated carbocycles. The van der Waals surface area contributed by atoms with Crippen LogP contribution < -0.4 is 15.1 Å². The number of furan rings is 2. The van der Waals surface area contributed by atoms with E-state index >= 15 is 0 Å². The molecule has 0 unspecified atom stereocenters. The van der Waals surface area contributed by atoms with Gasteiger partial charge in [-0.3, -0.25) is 4.79 Å². The molecule has 7 heteroatoms. The lowest BCUT2D eigenvalue weighted by Gasteiger charge is -2.37. The fourth-order valence-electron chi connectivity index (χ4n) is 3.72. The number of nitrogens with one attached hydrogen (secondary N) is 2. The summed E-state index contributed by atoms with van der Waals surface area (Å²) in [5.74, 6) is 0.678. The number of hydrogen-bond acceptors (Lipinski definition) is 4. The van der Waals surface area contributed by atoms with Crippen LogP contribution in [0.15, 0.2) is 69.9 Å². The van der Waals surface area contributed by atoms with Gasteiger partial charge >= 0.3 is 0 Å². The largest absolute Gasteiger partial charge is 0.463 e. The van der Waals surface area contributed by atoms with Gasteiger partial charge in [0.05, 0.1) is 50.9 Å². The Hall–Kier alpha value is -3.06. The number of quaternary nitrogens is 1. The van der Waals surface area contributed by atoms with Gasteiger partial charge in [0.15, 0.2) is 17.6 Å². The third kappa shape index (κ3) is 3.94. The molecule has 0 radical (unpaired) electrons. The summed E-state index contributed by atoms with van der Waals surface area (Å²) in [6.45, 7) is 3.54. The summed E-state index contributed by atoms with van der Waals surface area (Å²) in [7, 11) is 0. The Kier molecular flexibility index (Phi) is 5.43. The van der Waals surface area contributed by atoms with Crippen molar-refractivity contribution in [2.75, 3.05) is 37.6 Å². The third-order valence-corrected chi connectivity index (χ3v) is 5.19. The molecule has 6 nitrogen and oxygen atoms in total. The standard InChI is InChI=1S/C21H22FN3O3/c22-16-5-1-2-6-17(16)24-9-11-25(12-10-24)18(19-7-3-13-27-19)15-23-21(26)20-8-4-14-28-20/h1-8,13-14,18H,9-12,15H2,(H,23,26)/p+1/t18-/m1/s1. The van der Waals surface area contributed by atoms with Gasteiger partial charge in [0.25, 0.3) is 5.91 Å². The molecule has 28 heavy (non-hydrogen) atoms. The zero-order valence-electron chi connectivity index (χ0n) is 15.4. The molecule has 0 bridgehead atoms. The Morgan fingerprint density at radius 2 is 1.82 bits per heavy atom. The number of anilines is 1. The van der Waals surface area contributed by atoms with Crippen LogP contribution in [0.3, 0.4) is 0 Å². The molecule has 1 aliphatic rings. The second-order valence-corrected chi connectivity index (χ2v) is 6.85. The van der Waals surface area contributed by atoms with Crippen LogP contribution in [0, 0.1) is 5.82 Å². The SMILES string of the molecule is O=C(NC[C@H](c1ccco1)[NH+]1CCN(c2ccccc2F)CC1)c1ccco1. The van der Waals surface area contributed by atoms with Crippen molar-refractivity contribution in [3.63, 3.8) is 0 Å². The zero-order chi connectivity index (χ0) is 19.3. The van der Waals surface area contributed by atoms with Crippen LogP contribution >= 0.6 is 0 Å². The molecule has 3 aromatic rings. The van der Waals surface area contributed by atoms with Gasteiger partial charge in [0.2, 0.25) is 0 Å². The van der Waals surface area contributed by atoms with Gasteiger partial charge in [-0.25, -0.2) is 4.39 Å². The molecule has 1 aromatic carbocycles. The minimum absolute atomic E-state index is 0.0170. The third-order valence-electron chi connectivity index (χ3n) is 5.19. The number of nitrogens with zero attached hydrogens (tertiary/aromatic N) is 1. The number of hydrogen-bond donors (Lipinski definition) is 2. The highest BCUT2D eigenvalue weighted by molar-refractivity contribution is 5.91. The molecule has 1 fully saturated rings. The Bertz CT molecular complexity index is 888. The first-order valence-electron chi connectivity index (χ1n) is 9.41. The first kappa shape index (κ1) is 18.3. The summed E-state index contributed by atoms with van der Waals surface area (Å²) >= 11 is 0. The smallest absolute Gasteiger partial charge is 0.287 e. The maximum atomic E-state index is 14.1. The van der Waals surface area contributed by atoms with Crippen molar-refractivity contribution in [3.8, 4) is 0 Å². The maximum Gasteiger partial charge on any atom is 0.287 e. The van der Waals surface area contributed by atoms with E-state index in [4.69, 9.17) is 8.83 Å². The van der Waals surface area contributed by atoms with Crippen LogP contribution in [0.25, 0.3) is 0 Å². The Balaban J connectivity index is 1.42. The normalized spacial score (nSPS) is 16.1. The van der Waals surface area contributed by atoms with Crippen molar-refractivity contribution < 1.29 is 22.9 Å². The highest BCUT2D eigenvalue weighted by Gasteiger charge is 2.31. The highest BCUT2D eigenvalue weighted by Crippen LogP contribution is 2.19. The number of amides is 1. The molecule has 1 atom stereocenters. The molecule has 2 aromatic heterocycles. The van der Waals surface area contributed by atoms with Crippen LogP contribution in [-0.2, 0) is 0 Å². The molecular formula is C21H23FN3O3+. The lowest BCUT2D eigenvalue weighted by atomic mass is 10.1. The van der Waals surface area contributed by atoms with Crippen molar-refractivity contribution in [2.45, 2.75) is 6.04 Å². The number of carbonyl (C=O) groups is 1. The van der Waals surface area contributed by atoms with E-state index in [1.54, 1.807) is 24.5 Å². The zero-order valence-corrected chi connectivity index (χ0v) is 15.4. The van der Waals surface area contributed by atoms with E-state index < -0.39 is 0 Å². The lowest BCUT2D eigenvalue weighted by molar-refractivity contribution is -0.932. The second-order valence-electron chi connectivity index (χ2n) is 6.85. The van der Waals surface area contributed by atoms with Crippen molar-refractivity contribution in [3.05, 3.63) is 78.4 Å². The van der Waals surface area contributed by atoms with Crippen molar-refractivity contribution in [1.29, 1.82) is 0 Å². The minimum atomic E-state index is -0.244. The van der Waals surface area contributed by atoms with E-state index in [1.165, 1.54) is 17.2 Å². The topological polar surface area (TPSA) is 63.1 Å². The van der Waals surface area contributed by atoms with Crippen molar-refractivity contribution >= 4 is 11.6 Å². The number of carbonyl (C=O) groups excluding carboxylic acids is 1. The molecular weight excluding hydrogens is 361 g/mol. The Morgan fingerprint density at radius 1 is 1.07 bits per heavy atom. The molecule has 0 spiro atoms. The van der Waals surface area contributed by atoms with E-state index in [1.807, 2.05) is 24.3 Å².